The lowest BCUT2D eigenvalue weighted by atomic mass is 10.0. The van der Waals surface area contributed by atoms with Crippen LogP contribution in [-0.4, -0.2) is 35.0 Å². The van der Waals surface area contributed by atoms with Crippen LogP contribution in [0.4, 0.5) is 0 Å². The Morgan fingerprint density at radius 3 is 2.00 bits per heavy atom. The van der Waals surface area contributed by atoms with E-state index in [2.05, 4.69) is 0 Å². The molecule has 2 unspecified atom stereocenters. The number of carbonyl (C=O) groups excluding carboxylic acids is 1. The molecule has 1 rings (SSSR count). The maximum absolute atomic E-state index is 11.0. The van der Waals surface area contributed by atoms with Crippen molar-refractivity contribution in [2.45, 2.75) is 13.8 Å². The summed E-state index contributed by atoms with van der Waals surface area (Å²) in [4.78, 5) is 22.7. The molecule has 0 bridgehead atoms. The van der Waals surface area contributed by atoms with E-state index >= 15 is 0 Å². The third kappa shape index (κ3) is 1.57. The van der Waals surface area contributed by atoms with Gasteiger partial charge < -0.3 is 10.0 Å². The van der Waals surface area contributed by atoms with Crippen molar-refractivity contribution in [3.05, 3.63) is 0 Å². The zero-order chi connectivity index (χ0) is 9.30. The summed E-state index contributed by atoms with van der Waals surface area (Å²) in [5.74, 6) is -1.30. The molecule has 0 aliphatic carbocycles. The number of carboxylic acid groups (broad SMARTS) is 1. The van der Waals surface area contributed by atoms with Gasteiger partial charge in [-0.3, -0.25) is 4.79 Å². The zero-order valence-electron chi connectivity index (χ0n) is 7.28. The van der Waals surface area contributed by atoms with E-state index in [4.69, 9.17) is 5.11 Å². The first-order chi connectivity index (χ1) is 5.52. The van der Waals surface area contributed by atoms with Crippen molar-refractivity contribution in [2.24, 2.45) is 11.8 Å². The van der Waals surface area contributed by atoms with Gasteiger partial charge >= 0.3 is 11.9 Å². The van der Waals surface area contributed by atoms with E-state index in [0.29, 0.717) is 24.9 Å². The Bertz CT molecular complexity index is 204. The molecule has 4 heteroatoms. The van der Waals surface area contributed by atoms with Gasteiger partial charge in [-0.2, -0.15) is 0 Å². The van der Waals surface area contributed by atoms with E-state index in [9.17, 15) is 9.59 Å². The summed E-state index contributed by atoms with van der Waals surface area (Å²) in [5.41, 5.74) is 0. The summed E-state index contributed by atoms with van der Waals surface area (Å²) < 4.78 is 0. The lowest BCUT2D eigenvalue weighted by Crippen LogP contribution is -2.34. The minimum Gasteiger partial charge on any atom is -0.474 e. The molecule has 4 nitrogen and oxygen atoms in total. The van der Waals surface area contributed by atoms with Crippen LogP contribution in [0.25, 0.3) is 0 Å². The standard InChI is InChI=1S/C8H13NO3/c1-5-3-9(4-6(5)2)7(10)8(11)12/h5-6H,3-4H2,1-2H3,(H,11,12). The number of amides is 1. The van der Waals surface area contributed by atoms with Crippen LogP contribution in [0.1, 0.15) is 13.8 Å². The summed E-state index contributed by atoms with van der Waals surface area (Å²) in [5, 5.41) is 8.42. The van der Waals surface area contributed by atoms with Crippen molar-refractivity contribution in [3.63, 3.8) is 0 Å². The van der Waals surface area contributed by atoms with Crippen molar-refractivity contribution >= 4 is 11.9 Å². The molecule has 0 radical (unpaired) electrons. The molecule has 1 amide bonds. The quantitative estimate of drug-likeness (QED) is 0.529. The molecule has 0 spiro atoms. The molecule has 1 heterocycles. The minimum atomic E-state index is -1.35. The summed E-state index contributed by atoms with van der Waals surface area (Å²) in [6.07, 6.45) is 0. The van der Waals surface area contributed by atoms with Gasteiger partial charge in [-0.05, 0) is 11.8 Å². The van der Waals surface area contributed by atoms with Crippen molar-refractivity contribution < 1.29 is 14.7 Å². The average Bonchev–Trinajstić information content (AvgIpc) is 2.30. The summed E-state index contributed by atoms with van der Waals surface area (Å²) in [6, 6.07) is 0. The van der Waals surface area contributed by atoms with Crippen molar-refractivity contribution in [1.82, 2.24) is 4.90 Å². The maximum Gasteiger partial charge on any atom is 0.394 e. The Balaban J connectivity index is 2.57. The topological polar surface area (TPSA) is 57.6 Å². The lowest BCUT2D eigenvalue weighted by Gasteiger charge is -2.11. The molecule has 1 aliphatic heterocycles. The minimum absolute atomic E-state index is 0.410. The smallest absolute Gasteiger partial charge is 0.394 e. The van der Waals surface area contributed by atoms with Crippen LogP contribution in [0.2, 0.25) is 0 Å². The summed E-state index contributed by atoms with van der Waals surface area (Å²) in [7, 11) is 0. The van der Waals surface area contributed by atoms with Crippen LogP contribution in [0.15, 0.2) is 0 Å². The number of hydrogen-bond acceptors (Lipinski definition) is 2. The average molecular weight is 171 g/mol. The number of hydrogen-bond donors (Lipinski definition) is 1. The molecule has 0 saturated carbocycles. The van der Waals surface area contributed by atoms with Gasteiger partial charge in [-0.25, -0.2) is 4.79 Å². The van der Waals surface area contributed by atoms with Gasteiger partial charge in [0, 0.05) is 13.1 Å². The largest absolute Gasteiger partial charge is 0.474 e. The van der Waals surface area contributed by atoms with Crippen LogP contribution in [-0.2, 0) is 9.59 Å². The predicted molar refractivity (Wildman–Crippen MR) is 42.5 cm³/mol. The Hall–Kier alpha value is -1.06. The van der Waals surface area contributed by atoms with Gasteiger partial charge in [0.05, 0.1) is 0 Å². The van der Waals surface area contributed by atoms with E-state index in [1.807, 2.05) is 13.8 Å². The number of carbonyl (C=O) groups is 2. The van der Waals surface area contributed by atoms with E-state index < -0.39 is 11.9 Å². The number of carboxylic acids is 1. The molecule has 1 saturated heterocycles. The monoisotopic (exact) mass is 171 g/mol. The molecular weight excluding hydrogens is 158 g/mol. The van der Waals surface area contributed by atoms with Crippen LogP contribution in [0, 0.1) is 11.8 Å². The molecule has 0 aromatic heterocycles. The second kappa shape index (κ2) is 3.13. The highest BCUT2D eigenvalue weighted by Crippen LogP contribution is 2.21. The van der Waals surface area contributed by atoms with E-state index in [0.717, 1.165) is 0 Å². The van der Waals surface area contributed by atoms with Gasteiger partial charge in [0.2, 0.25) is 0 Å². The van der Waals surface area contributed by atoms with E-state index in [1.54, 1.807) is 0 Å². The molecule has 12 heavy (non-hydrogen) atoms. The molecule has 1 fully saturated rings. The van der Waals surface area contributed by atoms with Gasteiger partial charge in [0.25, 0.3) is 0 Å². The molecular formula is C8H13NO3. The number of aliphatic carboxylic acids is 1. The number of likely N-dealkylation sites (tertiary alicyclic amines) is 1. The Kier molecular flexibility index (Phi) is 2.35. The third-order valence-electron chi connectivity index (χ3n) is 2.46. The van der Waals surface area contributed by atoms with Gasteiger partial charge in [0.15, 0.2) is 0 Å². The van der Waals surface area contributed by atoms with Gasteiger partial charge in [0.1, 0.15) is 0 Å². The summed E-state index contributed by atoms with van der Waals surface area (Å²) >= 11 is 0. The molecule has 1 aliphatic rings. The lowest BCUT2D eigenvalue weighted by molar-refractivity contribution is -0.155. The van der Waals surface area contributed by atoms with Crippen LogP contribution in [0.3, 0.4) is 0 Å². The van der Waals surface area contributed by atoms with Crippen molar-refractivity contribution in [1.29, 1.82) is 0 Å². The highest BCUT2D eigenvalue weighted by Gasteiger charge is 2.32. The van der Waals surface area contributed by atoms with E-state index in [-0.39, 0.29) is 0 Å². The highest BCUT2D eigenvalue weighted by atomic mass is 16.4. The Labute approximate surface area is 71.2 Å². The number of rotatable bonds is 0. The van der Waals surface area contributed by atoms with Crippen LogP contribution < -0.4 is 0 Å². The van der Waals surface area contributed by atoms with Crippen LogP contribution >= 0.6 is 0 Å². The fourth-order valence-electron chi connectivity index (χ4n) is 1.43. The molecule has 2 atom stereocenters. The SMILES string of the molecule is CC1CN(C(=O)C(=O)O)CC1C. The first-order valence-electron chi connectivity index (χ1n) is 4.04. The second-order valence-electron chi connectivity index (χ2n) is 3.47. The normalized spacial score (nSPS) is 29.0. The first kappa shape index (κ1) is 9.03. The second-order valence-corrected chi connectivity index (χ2v) is 3.47. The molecule has 0 aromatic carbocycles. The number of nitrogens with zero attached hydrogens (tertiary/aromatic N) is 1. The zero-order valence-corrected chi connectivity index (χ0v) is 7.28. The molecule has 0 aromatic rings. The fraction of sp³-hybridized carbons (Fsp3) is 0.750. The van der Waals surface area contributed by atoms with Gasteiger partial charge in [-0.15, -0.1) is 0 Å². The molecule has 68 valence electrons. The predicted octanol–water partition coefficient (Wildman–Crippen LogP) is 0.185. The Morgan fingerprint density at radius 2 is 1.67 bits per heavy atom. The van der Waals surface area contributed by atoms with E-state index in [1.165, 1.54) is 4.90 Å². The Morgan fingerprint density at radius 1 is 1.25 bits per heavy atom. The highest BCUT2D eigenvalue weighted by molar-refractivity contribution is 6.31. The maximum atomic E-state index is 11.0. The summed E-state index contributed by atoms with van der Waals surface area (Å²) in [6.45, 7) is 5.21. The van der Waals surface area contributed by atoms with Crippen LogP contribution in [0.5, 0.6) is 0 Å². The first-order valence-corrected chi connectivity index (χ1v) is 4.04. The fourth-order valence-corrected chi connectivity index (χ4v) is 1.43. The van der Waals surface area contributed by atoms with Gasteiger partial charge in [-0.1, -0.05) is 13.8 Å². The van der Waals surface area contributed by atoms with Crippen molar-refractivity contribution in [2.75, 3.05) is 13.1 Å². The van der Waals surface area contributed by atoms with Crippen molar-refractivity contribution in [3.8, 4) is 0 Å². The molecule has 1 N–H and O–H groups in total. The third-order valence-corrected chi connectivity index (χ3v) is 2.46.